The molecule has 2 atom stereocenters. The van der Waals surface area contributed by atoms with Gasteiger partial charge in [0.2, 0.25) is 0 Å². The number of unbranched alkanes of at least 4 members (excludes halogenated alkanes) is 1. The Kier molecular flexibility index (Phi) is 29.5. The van der Waals surface area contributed by atoms with Crippen LogP contribution in [0.4, 0.5) is 0 Å². The van der Waals surface area contributed by atoms with Crippen molar-refractivity contribution in [1.82, 2.24) is 29.4 Å². The lowest BCUT2D eigenvalue weighted by atomic mass is 10.2. The van der Waals surface area contributed by atoms with Gasteiger partial charge in [0.05, 0.1) is 12.7 Å². The maximum absolute atomic E-state index is 10.8. The van der Waals surface area contributed by atoms with Crippen molar-refractivity contribution in [3.63, 3.8) is 0 Å². The van der Waals surface area contributed by atoms with Crippen LogP contribution in [0.2, 0.25) is 51.4 Å². The SMILES string of the molecule is CN(C)CCCN(CCCN(C)C)CC(O)COCCC[Si](C)(C)O[Si](C)(C)O[Si](C)(C)CCCCOC(O)CN(CCCN(C)C)CCCN(C)C. The minimum absolute atomic E-state index is 0.375. The summed E-state index contributed by atoms with van der Waals surface area (Å²) < 4.78 is 25.5. The summed E-state index contributed by atoms with van der Waals surface area (Å²) in [6.07, 6.45) is 6.01. The first-order chi connectivity index (χ1) is 24.6. The van der Waals surface area contributed by atoms with Gasteiger partial charge in [-0.15, -0.1) is 0 Å². The van der Waals surface area contributed by atoms with E-state index in [4.69, 9.17) is 17.7 Å². The summed E-state index contributed by atoms with van der Waals surface area (Å²) in [6.45, 7) is 24.5. The molecule has 0 aliphatic carbocycles. The van der Waals surface area contributed by atoms with Crippen LogP contribution in [0, 0.1) is 0 Å². The van der Waals surface area contributed by atoms with Gasteiger partial charge in [-0.1, -0.05) is 6.42 Å². The molecule has 2 N–H and O–H groups in total. The molecule has 0 aromatic heterocycles. The fourth-order valence-electron chi connectivity index (χ4n) is 6.80. The Labute approximate surface area is 331 Å². The van der Waals surface area contributed by atoms with E-state index in [0.717, 1.165) is 109 Å². The first-order valence-corrected chi connectivity index (χ1v) is 29.7. The predicted octanol–water partition coefficient (Wildman–Crippen LogP) is 4.43. The second kappa shape index (κ2) is 29.4. The molecule has 0 saturated carbocycles. The molecule has 0 aliphatic heterocycles. The van der Waals surface area contributed by atoms with Crippen molar-refractivity contribution in [2.24, 2.45) is 0 Å². The van der Waals surface area contributed by atoms with E-state index in [1.54, 1.807) is 0 Å². The van der Waals surface area contributed by atoms with Crippen LogP contribution in [0.15, 0.2) is 0 Å². The molecule has 0 aromatic rings. The third-order valence-electron chi connectivity index (χ3n) is 9.11. The van der Waals surface area contributed by atoms with Gasteiger partial charge in [0, 0.05) is 26.3 Å². The lowest BCUT2D eigenvalue weighted by Gasteiger charge is -2.38. The van der Waals surface area contributed by atoms with Gasteiger partial charge in [-0.2, -0.15) is 0 Å². The lowest BCUT2D eigenvalue weighted by Crippen LogP contribution is -2.52. The Morgan fingerprint density at radius 1 is 0.472 bits per heavy atom. The minimum atomic E-state index is -2.31. The van der Waals surface area contributed by atoms with E-state index in [0.29, 0.717) is 32.9 Å². The number of nitrogens with zero attached hydrogens (tertiary/aromatic N) is 6. The monoisotopic (exact) mass is 811 g/mol. The molecule has 0 fully saturated rings. The van der Waals surface area contributed by atoms with Crippen molar-refractivity contribution in [1.29, 1.82) is 0 Å². The molecule has 0 radical (unpaired) electrons. The van der Waals surface area contributed by atoms with Crippen LogP contribution < -0.4 is 0 Å². The zero-order valence-corrected chi connectivity index (χ0v) is 40.4. The first-order valence-electron chi connectivity index (χ1n) is 20.6. The van der Waals surface area contributed by atoms with Gasteiger partial charge in [0.1, 0.15) is 0 Å². The van der Waals surface area contributed by atoms with Crippen LogP contribution in [0.3, 0.4) is 0 Å². The van der Waals surface area contributed by atoms with Crippen LogP contribution in [-0.2, 0) is 17.7 Å². The van der Waals surface area contributed by atoms with Crippen LogP contribution in [0.1, 0.15) is 44.9 Å². The topological polar surface area (TPSA) is 96.8 Å². The van der Waals surface area contributed by atoms with E-state index >= 15 is 0 Å². The molecule has 320 valence electrons. The molecule has 0 bridgehead atoms. The molecule has 53 heavy (non-hydrogen) atoms. The number of hydrogen-bond acceptors (Lipinski definition) is 12. The van der Waals surface area contributed by atoms with Crippen LogP contribution >= 0.6 is 0 Å². The maximum atomic E-state index is 10.8. The first kappa shape index (κ1) is 53.2. The van der Waals surface area contributed by atoms with Gasteiger partial charge >= 0.3 is 8.56 Å². The van der Waals surface area contributed by atoms with Crippen LogP contribution in [0.5, 0.6) is 0 Å². The smallest absolute Gasteiger partial charge is 0.311 e. The molecular weight excluding hydrogens is 721 g/mol. The molecular formula is C38H90N6O6Si3. The highest BCUT2D eigenvalue weighted by molar-refractivity contribution is 6.87. The highest BCUT2D eigenvalue weighted by Gasteiger charge is 2.39. The second-order valence-electron chi connectivity index (χ2n) is 18.0. The number of ether oxygens (including phenoxy) is 2. The van der Waals surface area contributed by atoms with E-state index in [-0.39, 0.29) is 0 Å². The lowest BCUT2D eigenvalue weighted by molar-refractivity contribution is -0.114. The Hall–Kier alpha value is 0.171. The van der Waals surface area contributed by atoms with Gasteiger partial charge < -0.3 is 52.4 Å². The van der Waals surface area contributed by atoms with Crippen molar-refractivity contribution in [3.8, 4) is 0 Å². The third-order valence-corrected chi connectivity index (χ3v) is 20.6. The number of hydrogen-bond donors (Lipinski definition) is 2. The Balaban J connectivity index is 4.53. The molecule has 2 unspecified atom stereocenters. The fourth-order valence-corrected chi connectivity index (χ4v) is 20.9. The summed E-state index contributed by atoms with van der Waals surface area (Å²) in [5, 5.41) is 21.4. The second-order valence-corrected chi connectivity index (χ2v) is 30.4. The van der Waals surface area contributed by atoms with E-state index < -0.39 is 37.6 Å². The van der Waals surface area contributed by atoms with Crippen molar-refractivity contribution >= 4 is 25.2 Å². The zero-order valence-electron chi connectivity index (χ0n) is 37.4. The Bertz CT molecular complexity index is 782. The third kappa shape index (κ3) is 34.0. The van der Waals surface area contributed by atoms with Gasteiger partial charge in [-0.05, 0) is 199 Å². The fraction of sp³-hybridized carbons (Fsp3) is 1.00. The molecule has 12 nitrogen and oxygen atoms in total. The number of aliphatic hydroxyl groups is 2. The van der Waals surface area contributed by atoms with Crippen LogP contribution in [-0.4, -0.2) is 219 Å². The summed E-state index contributed by atoms with van der Waals surface area (Å²) in [6, 6.07) is 2.06. The molecule has 0 aromatic carbocycles. The van der Waals surface area contributed by atoms with Gasteiger partial charge in [-0.3, -0.25) is 4.90 Å². The van der Waals surface area contributed by atoms with Gasteiger partial charge in [-0.25, -0.2) is 0 Å². The molecule has 0 spiro atoms. The molecule has 0 rings (SSSR count). The van der Waals surface area contributed by atoms with Crippen molar-refractivity contribution < 1.29 is 27.9 Å². The highest BCUT2D eigenvalue weighted by Crippen LogP contribution is 2.26. The normalized spacial score (nSPS) is 14.6. The van der Waals surface area contributed by atoms with E-state index in [1.165, 1.54) is 0 Å². The zero-order chi connectivity index (χ0) is 40.5. The predicted molar refractivity (Wildman–Crippen MR) is 232 cm³/mol. The summed E-state index contributed by atoms with van der Waals surface area (Å²) in [5.74, 6) is 0. The molecule has 0 saturated heterocycles. The Morgan fingerprint density at radius 3 is 1.28 bits per heavy atom. The quantitative estimate of drug-likeness (QED) is 0.0533. The van der Waals surface area contributed by atoms with Crippen LogP contribution in [0.25, 0.3) is 0 Å². The number of aliphatic hydroxyl groups excluding tert-OH is 2. The standard InChI is InChI=1S/C38H90N6O6Si3/c1-39(2)22-17-26-43(27-18-23-40(3)4)34-37(45)36-47-30-21-33-52(11,12)50-53(13,14)49-51(9,10)32-16-15-31-48-38(46)35-44(28-19-24-41(5)6)29-20-25-42(7)8/h37-38,45-46H,15-36H2,1-14H3. The molecule has 0 heterocycles. The van der Waals surface area contributed by atoms with Crippen molar-refractivity contribution in [2.75, 3.05) is 142 Å². The van der Waals surface area contributed by atoms with E-state index in [2.05, 4.69) is 125 Å². The summed E-state index contributed by atoms with van der Waals surface area (Å²) in [4.78, 5) is 13.6. The summed E-state index contributed by atoms with van der Waals surface area (Å²) in [5.41, 5.74) is 0. The average Bonchev–Trinajstić information content (AvgIpc) is 2.98. The Morgan fingerprint density at radius 2 is 0.868 bits per heavy atom. The van der Waals surface area contributed by atoms with Crippen molar-refractivity contribution in [2.45, 2.75) is 109 Å². The number of rotatable bonds is 36. The van der Waals surface area contributed by atoms with Gasteiger partial charge in [0.25, 0.3) is 0 Å². The maximum Gasteiger partial charge on any atom is 0.311 e. The van der Waals surface area contributed by atoms with Crippen molar-refractivity contribution in [3.05, 3.63) is 0 Å². The largest absolute Gasteiger partial charge is 0.437 e. The highest BCUT2D eigenvalue weighted by atomic mass is 28.5. The average molecular weight is 811 g/mol. The molecule has 15 heteroatoms. The molecule has 0 aliphatic rings. The molecule has 0 amide bonds. The van der Waals surface area contributed by atoms with Gasteiger partial charge in [0.15, 0.2) is 22.9 Å². The minimum Gasteiger partial charge on any atom is -0.437 e. The summed E-state index contributed by atoms with van der Waals surface area (Å²) >= 11 is 0. The summed E-state index contributed by atoms with van der Waals surface area (Å²) in [7, 11) is 10.7. The van der Waals surface area contributed by atoms with E-state index in [1.807, 2.05) is 0 Å². The van der Waals surface area contributed by atoms with E-state index in [9.17, 15) is 10.2 Å².